The van der Waals surface area contributed by atoms with E-state index in [4.69, 9.17) is 11.6 Å². The molecule has 1 aliphatic heterocycles. The fourth-order valence-electron chi connectivity index (χ4n) is 2.37. The molecule has 1 N–H and O–H groups in total. The fraction of sp³-hybridized carbons (Fsp3) is 0.267. The predicted molar refractivity (Wildman–Crippen MR) is 83.6 cm³/mol. The summed E-state index contributed by atoms with van der Waals surface area (Å²) in [6.07, 6.45) is 0. The summed E-state index contributed by atoms with van der Waals surface area (Å²) < 4.78 is 0. The molecule has 0 unspecified atom stereocenters. The van der Waals surface area contributed by atoms with Gasteiger partial charge in [-0.2, -0.15) is 0 Å². The van der Waals surface area contributed by atoms with E-state index >= 15 is 0 Å². The lowest BCUT2D eigenvalue weighted by molar-refractivity contribution is 0.0746. The molecule has 1 aromatic carbocycles. The van der Waals surface area contributed by atoms with Crippen molar-refractivity contribution in [1.29, 1.82) is 0 Å². The molecule has 2 aromatic rings. The van der Waals surface area contributed by atoms with Gasteiger partial charge in [0.25, 0.3) is 5.91 Å². The summed E-state index contributed by atoms with van der Waals surface area (Å²) in [6, 6.07) is 7.64. The van der Waals surface area contributed by atoms with E-state index in [-0.39, 0.29) is 5.91 Å². The number of benzene rings is 1. The Morgan fingerprint density at radius 2 is 2.10 bits per heavy atom. The van der Waals surface area contributed by atoms with Crippen molar-refractivity contribution < 1.29 is 4.79 Å². The maximum Gasteiger partial charge on any atom is 0.258 e. The number of carbonyl (C=O) groups excluding carboxylic acids is 1. The quantitative estimate of drug-likeness (QED) is 0.908. The first-order valence-corrected chi connectivity index (χ1v) is 7.64. The highest BCUT2D eigenvalue weighted by Crippen LogP contribution is 2.36. The van der Waals surface area contributed by atoms with Crippen LogP contribution in [0.25, 0.3) is 0 Å². The van der Waals surface area contributed by atoms with Crippen LogP contribution in [0.3, 0.4) is 0 Å². The van der Waals surface area contributed by atoms with Crippen LogP contribution in [0.2, 0.25) is 5.02 Å². The van der Waals surface area contributed by atoms with Gasteiger partial charge in [-0.05, 0) is 31.0 Å². The molecular weight excluding hydrogens is 292 g/mol. The molecule has 104 valence electrons. The second kappa shape index (κ2) is 5.11. The number of hydrogen-bond donors (Lipinski definition) is 1. The molecule has 1 aliphatic rings. The van der Waals surface area contributed by atoms with Crippen LogP contribution in [-0.4, -0.2) is 17.5 Å². The third-order valence-corrected chi connectivity index (χ3v) is 5.17. The Labute approximate surface area is 127 Å². The predicted octanol–water partition coefficient (Wildman–Crippen LogP) is 4.04. The maximum atomic E-state index is 12.6. The number of amides is 1. The molecule has 2 heterocycles. The van der Waals surface area contributed by atoms with Crippen LogP contribution in [0.5, 0.6) is 0 Å². The number of nitrogens with one attached hydrogen (secondary N) is 1. The highest BCUT2D eigenvalue weighted by Gasteiger charge is 2.28. The number of fused-ring (bicyclic) bond motifs is 1. The van der Waals surface area contributed by atoms with Gasteiger partial charge in [-0.3, -0.25) is 4.79 Å². The molecule has 0 saturated heterocycles. The molecule has 0 saturated carbocycles. The van der Waals surface area contributed by atoms with Crippen LogP contribution in [0, 0.1) is 13.8 Å². The van der Waals surface area contributed by atoms with E-state index < -0.39 is 0 Å². The zero-order chi connectivity index (χ0) is 14.3. The zero-order valence-electron chi connectivity index (χ0n) is 11.4. The molecular formula is C15H15ClN2OS. The normalized spacial score (nSPS) is 14.2. The molecule has 0 spiro atoms. The van der Waals surface area contributed by atoms with Gasteiger partial charge < -0.3 is 10.2 Å². The molecule has 5 heteroatoms. The lowest BCUT2D eigenvalue weighted by Gasteiger charge is -2.28. The number of carbonyl (C=O) groups is 1. The monoisotopic (exact) mass is 306 g/mol. The molecule has 20 heavy (non-hydrogen) atoms. The van der Waals surface area contributed by atoms with Crippen molar-refractivity contribution in [3.05, 3.63) is 50.9 Å². The zero-order valence-corrected chi connectivity index (χ0v) is 12.9. The van der Waals surface area contributed by atoms with Crippen molar-refractivity contribution in [2.24, 2.45) is 0 Å². The first kappa shape index (κ1) is 13.5. The van der Waals surface area contributed by atoms with E-state index in [2.05, 4.69) is 5.32 Å². The Morgan fingerprint density at radius 1 is 1.35 bits per heavy atom. The minimum Gasteiger partial charge on any atom is -0.359 e. The summed E-state index contributed by atoms with van der Waals surface area (Å²) in [7, 11) is 0. The third-order valence-electron chi connectivity index (χ3n) is 3.64. The van der Waals surface area contributed by atoms with Gasteiger partial charge in [0, 0.05) is 16.4 Å². The highest BCUT2D eigenvalue weighted by molar-refractivity contribution is 7.16. The van der Waals surface area contributed by atoms with E-state index in [1.54, 1.807) is 16.2 Å². The van der Waals surface area contributed by atoms with Crippen molar-refractivity contribution in [2.45, 2.75) is 20.4 Å². The van der Waals surface area contributed by atoms with Crippen molar-refractivity contribution in [3.63, 3.8) is 0 Å². The number of rotatable bonds is 2. The largest absolute Gasteiger partial charge is 0.359 e. The van der Waals surface area contributed by atoms with Crippen LogP contribution >= 0.6 is 22.9 Å². The number of anilines is 1. The van der Waals surface area contributed by atoms with Crippen molar-refractivity contribution in [2.75, 3.05) is 12.0 Å². The van der Waals surface area contributed by atoms with Crippen molar-refractivity contribution in [1.82, 2.24) is 4.90 Å². The summed E-state index contributed by atoms with van der Waals surface area (Å²) in [6.45, 7) is 5.10. The number of aryl methyl sites for hydroxylation is 1. The molecule has 0 fully saturated rings. The van der Waals surface area contributed by atoms with Gasteiger partial charge in [0.15, 0.2) is 0 Å². The van der Waals surface area contributed by atoms with E-state index in [0.29, 0.717) is 18.2 Å². The summed E-state index contributed by atoms with van der Waals surface area (Å²) in [5, 5.41) is 5.01. The Bertz CT molecular complexity index is 681. The van der Waals surface area contributed by atoms with Crippen LogP contribution in [0.4, 0.5) is 5.00 Å². The van der Waals surface area contributed by atoms with Gasteiger partial charge in [-0.1, -0.05) is 29.8 Å². The Kier molecular flexibility index (Phi) is 3.44. The summed E-state index contributed by atoms with van der Waals surface area (Å²) in [4.78, 5) is 15.6. The van der Waals surface area contributed by atoms with E-state index in [1.165, 1.54) is 4.88 Å². The van der Waals surface area contributed by atoms with E-state index in [1.807, 2.05) is 38.1 Å². The second-order valence-corrected chi connectivity index (χ2v) is 6.55. The van der Waals surface area contributed by atoms with Gasteiger partial charge in [-0.15, -0.1) is 11.3 Å². The smallest absolute Gasteiger partial charge is 0.258 e. The number of thiophene rings is 1. The molecule has 1 amide bonds. The molecule has 3 rings (SSSR count). The first-order valence-electron chi connectivity index (χ1n) is 6.44. The van der Waals surface area contributed by atoms with Crippen LogP contribution in [0.15, 0.2) is 24.3 Å². The summed E-state index contributed by atoms with van der Waals surface area (Å²) in [5.74, 6) is 0.0838. The van der Waals surface area contributed by atoms with Gasteiger partial charge in [0.05, 0.1) is 12.2 Å². The Hall–Kier alpha value is -1.52. The molecule has 0 bridgehead atoms. The highest BCUT2D eigenvalue weighted by atomic mass is 35.5. The molecule has 3 nitrogen and oxygen atoms in total. The molecule has 0 radical (unpaired) electrons. The van der Waals surface area contributed by atoms with E-state index in [0.717, 1.165) is 21.7 Å². The fourth-order valence-corrected chi connectivity index (χ4v) is 3.60. The molecule has 1 aromatic heterocycles. The maximum absolute atomic E-state index is 12.6. The average molecular weight is 307 g/mol. The van der Waals surface area contributed by atoms with Crippen molar-refractivity contribution in [3.8, 4) is 0 Å². The van der Waals surface area contributed by atoms with E-state index in [9.17, 15) is 4.79 Å². The third kappa shape index (κ3) is 2.19. The summed E-state index contributed by atoms with van der Waals surface area (Å²) >= 11 is 7.82. The molecule has 0 aliphatic carbocycles. The van der Waals surface area contributed by atoms with Crippen LogP contribution < -0.4 is 5.32 Å². The van der Waals surface area contributed by atoms with Gasteiger partial charge >= 0.3 is 0 Å². The minimum atomic E-state index is 0.0838. The standard InChI is InChI=1S/C15H15ClN2OS/c1-9-10(2)20-14-13(9)15(19)18(8-17-14)7-11-5-3-4-6-12(11)16/h3-6,17H,7-8H2,1-2H3. The van der Waals surface area contributed by atoms with Gasteiger partial charge in [-0.25, -0.2) is 0 Å². The van der Waals surface area contributed by atoms with Gasteiger partial charge in [0.2, 0.25) is 0 Å². The number of hydrogen-bond acceptors (Lipinski definition) is 3. The van der Waals surface area contributed by atoms with Crippen molar-refractivity contribution >= 4 is 33.8 Å². The number of halogens is 1. The topological polar surface area (TPSA) is 32.3 Å². The van der Waals surface area contributed by atoms with Crippen LogP contribution in [0.1, 0.15) is 26.4 Å². The van der Waals surface area contributed by atoms with Gasteiger partial charge in [0.1, 0.15) is 5.00 Å². The molecule has 0 atom stereocenters. The van der Waals surface area contributed by atoms with Crippen LogP contribution in [-0.2, 0) is 6.54 Å². The lowest BCUT2D eigenvalue weighted by Crippen LogP contribution is -2.39. The average Bonchev–Trinajstić information content (AvgIpc) is 2.72. The Balaban J connectivity index is 1.89. The first-order chi connectivity index (χ1) is 9.58. The SMILES string of the molecule is Cc1sc2c(c1C)C(=O)N(Cc1ccccc1Cl)CN2. The number of nitrogens with zero attached hydrogens (tertiary/aromatic N) is 1. The summed E-state index contributed by atoms with van der Waals surface area (Å²) in [5.41, 5.74) is 2.86. The second-order valence-electron chi connectivity index (χ2n) is 4.92. The minimum absolute atomic E-state index is 0.0838. The Morgan fingerprint density at radius 3 is 2.85 bits per heavy atom. The lowest BCUT2D eigenvalue weighted by atomic mass is 10.1.